The lowest BCUT2D eigenvalue weighted by Crippen LogP contribution is -2.12. The van der Waals surface area contributed by atoms with Gasteiger partial charge in [0.2, 0.25) is 0 Å². The number of benzene rings is 2. The molecule has 2 aromatic rings. The second kappa shape index (κ2) is 7.71. The summed E-state index contributed by atoms with van der Waals surface area (Å²) >= 11 is 0. The van der Waals surface area contributed by atoms with Gasteiger partial charge in [0.1, 0.15) is 28.8 Å². The van der Waals surface area contributed by atoms with E-state index in [0.717, 1.165) is 44.9 Å². The summed E-state index contributed by atoms with van der Waals surface area (Å²) in [7, 11) is 0.985. The van der Waals surface area contributed by atoms with Crippen molar-refractivity contribution in [3.05, 3.63) is 58.7 Å². The van der Waals surface area contributed by atoms with Crippen LogP contribution < -0.4 is 0 Å². The van der Waals surface area contributed by atoms with Crippen LogP contribution in [0.15, 0.2) is 24.3 Å². The normalized spacial score (nSPS) is 19.8. The summed E-state index contributed by atoms with van der Waals surface area (Å²) in [6, 6.07) is 3.95. The molecule has 0 atom stereocenters. The Balaban J connectivity index is 1.99. The van der Waals surface area contributed by atoms with Crippen molar-refractivity contribution in [2.45, 2.75) is 38.5 Å². The average molecular weight is 380 g/mol. The highest BCUT2D eigenvalue weighted by Crippen LogP contribution is 2.38. The molecule has 1 saturated carbocycles. The quantitative estimate of drug-likeness (QED) is 0.483. The van der Waals surface area contributed by atoms with Crippen molar-refractivity contribution in [1.82, 2.24) is 0 Å². The molecule has 144 valence electrons. The maximum Gasteiger partial charge on any atom is 0.343 e. The first kappa shape index (κ1) is 19.4. The van der Waals surface area contributed by atoms with E-state index in [1.165, 1.54) is 12.1 Å². The zero-order valence-corrected chi connectivity index (χ0v) is 15.1. The minimum Gasteiger partial charge on any atom is -0.465 e. The number of methoxy groups -OCH3 is 1. The second-order valence-electron chi connectivity index (χ2n) is 7.12. The Labute approximate surface area is 155 Å². The molecule has 6 heteroatoms. The van der Waals surface area contributed by atoms with E-state index in [-0.39, 0.29) is 11.5 Å². The number of esters is 1. The second-order valence-corrected chi connectivity index (χ2v) is 7.12. The molecule has 1 aliphatic carbocycles. The SMILES string of the molecule is COC(=O)c1c(F)cc(-c2c(F)cc(C3CCC(C)CC3)cc2F)cc1F. The Morgan fingerprint density at radius 3 is 1.89 bits per heavy atom. The molecule has 1 fully saturated rings. The molecule has 1 aliphatic rings. The Hall–Kier alpha value is -2.37. The molecule has 0 amide bonds. The molecule has 0 radical (unpaired) electrons. The maximum absolute atomic E-state index is 14.6. The molecule has 0 saturated heterocycles. The number of halogens is 4. The van der Waals surface area contributed by atoms with Crippen molar-refractivity contribution in [2.75, 3.05) is 7.11 Å². The molecule has 0 N–H and O–H groups in total. The zero-order chi connectivity index (χ0) is 19.7. The van der Waals surface area contributed by atoms with Crippen LogP contribution in [0.2, 0.25) is 0 Å². The van der Waals surface area contributed by atoms with Gasteiger partial charge < -0.3 is 4.74 Å². The van der Waals surface area contributed by atoms with E-state index in [1.807, 2.05) is 0 Å². The number of rotatable bonds is 3. The highest BCUT2D eigenvalue weighted by molar-refractivity contribution is 5.90. The van der Waals surface area contributed by atoms with E-state index in [1.54, 1.807) is 0 Å². The van der Waals surface area contributed by atoms with Crippen molar-refractivity contribution in [3.63, 3.8) is 0 Å². The summed E-state index contributed by atoms with van der Waals surface area (Å²) in [5.41, 5.74) is -1.16. The van der Waals surface area contributed by atoms with Crippen LogP contribution in [0.1, 0.15) is 54.4 Å². The van der Waals surface area contributed by atoms with Gasteiger partial charge >= 0.3 is 5.97 Å². The van der Waals surface area contributed by atoms with Gasteiger partial charge in [0, 0.05) is 0 Å². The Kier molecular flexibility index (Phi) is 5.53. The van der Waals surface area contributed by atoms with Gasteiger partial charge in [0.15, 0.2) is 0 Å². The average Bonchev–Trinajstić information content (AvgIpc) is 2.61. The van der Waals surface area contributed by atoms with Gasteiger partial charge in [0.25, 0.3) is 0 Å². The fourth-order valence-electron chi connectivity index (χ4n) is 3.71. The van der Waals surface area contributed by atoms with E-state index in [9.17, 15) is 22.4 Å². The van der Waals surface area contributed by atoms with Gasteiger partial charge in [-0.25, -0.2) is 22.4 Å². The molecule has 0 unspecified atom stereocenters. The third-order valence-corrected chi connectivity index (χ3v) is 5.27. The topological polar surface area (TPSA) is 26.3 Å². The first-order chi connectivity index (χ1) is 12.8. The predicted molar refractivity (Wildman–Crippen MR) is 93.4 cm³/mol. The summed E-state index contributed by atoms with van der Waals surface area (Å²) in [4.78, 5) is 11.4. The Morgan fingerprint density at radius 1 is 0.889 bits per heavy atom. The van der Waals surface area contributed by atoms with E-state index in [0.29, 0.717) is 11.5 Å². The fourth-order valence-corrected chi connectivity index (χ4v) is 3.71. The molecule has 2 nitrogen and oxygen atoms in total. The Morgan fingerprint density at radius 2 is 1.41 bits per heavy atom. The zero-order valence-electron chi connectivity index (χ0n) is 15.1. The van der Waals surface area contributed by atoms with Crippen LogP contribution in [0.25, 0.3) is 11.1 Å². The minimum absolute atomic E-state index is 0.0782. The molecule has 0 spiro atoms. The molecule has 0 bridgehead atoms. The van der Waals surface area contributed by atoms with Crippen molar-refractivity contribution in [3.8, 4) is 11.1 Å². The van der Waals surface area contributed by atoms with Crippen LogP contribution in [0, 0.1) is 29.2 Å². The van der Waals surface area contributed by atoms with Gasteiger partial charge in [0.05, 0.1) is 12.7 Å². The molecular weight excluding hydrogens is 360 g/mol. The highest BCUT2D eigenvalue weighted by Gasteiger charge is 2.25. The third-order valence-electron chi connectivity index (χ3n) is 5.27. The number of ether oxygens (including phenoxy) is 1. The fraction of sp³-hybridized carbons (Fsp3) is 0.381. The largest absolute Gasteiger partial charge is 0.465 e. The first-order valence-electron chi connectivity index (χ1n) is 8.88. The predicted octanol–water partition coefficient (Wildman–Crippen LogP) is 5.99. The van der Waals surface area contributed by atoms with Gasteiger partial charge in [-0.05, 0) is 60.1 Å². The number of carbonyl (C=O) groups excluding carboxylic acids is 1. The molecule has 0 aromatic heterocycles. The monoisotopic (exact) mass is 380 g/mol. The summed E-state index contributed by atoms with van der Waals surface area (Å²) in [6.07, 6.45) is 3.72. The van der Waals surface area contributed by atoms with Crippen LogP contribution in [0.3, 0.4) is 0 Å². The molecule has 0 aliphatic heterocycles. The Bertz CT molecular complexity index is 824. The standard InChI is InChI=1S/C21H20F4O2/c1-11-3-5-12(6-4-11)13-7-15(22)19(16(23)8-13)14-9-17(24)20(18(25)10-14)21(26)27-2/h7-12H,3-6H2,1-2H3. The molecule has 27 heavy (non-hydrogen) atoms. The van der Waals surface area contributed by atoms with E-state index in [2.05, 4.69) is 11.7 Å². The van der Waals surface area contributed by atoms with Crippen molar-refractivity contribution in [1.29, 1.82) is 0 Å². The van der Waals surface area contributed by atoms with E-state index < -0.39 is 40.4 Å². The molecule has 0 heterocycles. The van der Waals surface area contributed by atoms with Crippen molar-refractivity contribution < 1.29 is 27.1 Å². The summed E-state index contributed by atoms with van der Waals surface area (Å²) in [5.74, 6) is -4.74. The lowest BCUT2D eigenvalue weighted by atomic mass is 9.79. The lowest BCUT2D eigenvalue weighted by Gasteiger charge is -2.26. The van der Waals surface area contributed by atoms with Crippen molar-refractivity contribution in [2.24, 2.45) is 5.92 Å². The number of carbonyl (C=O) groups is 1. The van der Waals surface area contributed by atoms with Gasteiger partial charge in [-0.2, -0.15) is 0 Å². The van der Waals surface area contributed by atoms with Gasteiger partial charge in [-0.3, -0.25) is 0 Å². The summed E-state index contributed by atoms with van der Waals surface area (Å²) < 4.78 is 61.8. The maximum atomic E-state index is 14.6. The van der Waals surface area contributed by atoms with Gasteiger partial charge in [-0.1, -0.05) is 19.8 Å². The molecular formula is C21H20F4O2. The van der Waals surface area contributed by atoms with E-state index >= 15 is 0 Å². The van der Waals surface area contributed by atoms with Crippen LogP contribution in [0.5, 0.6) is 0 Å². The number of hydrogen-bond acceptors (Lipinski definition) is 2. The summed E-state index contributed by atoms with van der Waals surface area (Å²) in [5, 5.41) is 0. The van der Waals surface area contributed by atoms with Crippen molar-refractivity contribution >= 4 is 5.97 Å². The third kappa shape index (κ3) is 3.84. The first-order valence-corrected chi connectivity index (χ1v) is 8.88. The molecule has 2 aromatic carbocycles. The lowest BCUT2D eigenvalue weighted by molar-refractivity contribution is 0.0590. The number of hydrogen-bond donors (Lipinski definition) is 0. The smallest absolute Gasteiger partial charge is 0.343 e. The van der Waals surface area contributed by atoms with Crippen LogP contribution in [-0.2, 0) is 4.74 Å². The summed E-state index contributed by atoms with van der Waals surface area (Å²) in [6.45, 7) is 2.15. The van der Waals surface area contributed by atoms with Crippen LogP contribution in [-0.4, -0.2) is 13.1 Å². The van der Waals surface area contributed by atoms with Gasteiger partial charge in [-0.15, -0.1) is 0 Å². The molecule has 3 rings (SSSR count). The van der Waals surface area contributed by atoms with Crippen LogP contribution >= 0.6 is 0 Å². The highest BCUT2D eigenvalue weighted by atomic mass is 19.1. The van der Waals surface area contributed by atoms with Crippen LogP contribution in [0.4, 0.5) is 17.6 Å². The minimum atomic E-state index is -1.24. The van der Waals surface area contributed by atoms with E-state index in [4.69, 9.17) is 0 Å².